The van der Waals surface area contributed by atoms with Crippen molar-refractivity contribution < 1.29 is 128 Å². The molecule has 0 aromatic heterocycles. The fourth-order valence-corrected chi connectivity index (χ4v) is 9.40. The third-order valence-electron chi connectivity index (χ3n) is 13.5. The van der Waals surface area contributed by atoms with Crippen molar-refractivity contribution >= 4 is 82.7 Å². The molecule has 17 N–H and O–H groups in total. The maximum absolute atomic E-state index is 13.6. The molecule has 34 nitrogen and oxygen atoms in total. The molecule has 2 aliphatic heterocycles. The van der Waals surface area contributed by atoms with Crippen molar-refractivity contribution in [3.63, 3.8) is 0 Å². The topological polar surface area (TPSA) is 516 Å². The number of aliphatic carboxylic acids is 6. The average molecular weight is 1340 g/mol. The summed E-state index contributed by atoms with van der Waals surface area (Å²) in [7, 11) is 0. The zero-order chi connectivity index (χ0) is 62.1. The Hall–Kier alpha value is -6.76. The molecule has 0 spiro atoms. The quantitative estimate of drug-likeness (QED) is 0.0132. The Balaban J connectivity index is 0.0000241. The van der Waals surface area contributed by atoms with Crippen LogP contribution in [0, 0.1) is 45.9 Å². The van der Waals surface area contributed by atoms with Gasteiger partial charge in [-0.3, -0.25) is 82.1 Å². The van der Waals surface area contributed by atoms with Crippen molar-refractivity contribution in [1.29, 1.82) is 0 Å². The van der Waals surface area contributed by atoms with Gasteiger partial charge < -0.3 is 84.0 Å². The number of nitrogens with two attached hydrogens (primary N) is 2. The molecule has 0 bridgehead atoms. The first-order chi connectivity index (χ1) is 39.1. The van der Waals surface area contributed by atoms with E-state index in [0.717, 1.165) is 0 Å². The van der Waals surface area contributed by atoms with E-state index >= 15 is 0 Å². The third-order valence-corrected chi connectivity index (χ3v) is 13.5. The van der Waals surface area contributed by atoms with Crippen LogP contribution >= 0.6 is 0 Å². The summed E-state index contributed by atoms with van der Waals surface area (Å²) >= 11 is 0. The number of amides is 5. The Morgan fingerprint density at radius 2 is 1.13 bits per heavy atom. The number of guanidine groups is 1. The molecule has 3 rings (SSSR count). The number of carboxylic acid groups (broad SMARTS) is 6. The maximum atomic E-state index is 13.6. The van der Waals surface area contributed by atoms with Crippen LogP contribution in [0.15, 0.2) is 14.6 Å². The number of aliphatic imine (C=N–C) groups is 1. The molecule has 469 valence electrons. The Labute approximate surface area is 513 Å². The molecule has 1 unspecified atom stereocenters. The Kier molecular flexibility index (Phi) is 32.2. The maximum Gasteiger partial charge on any atom is 3.00 e. The summed E-state index contributed by atoms with van der Waals surface area (Å²) in [5, 5.41) is 82.5. The summed E-state index contributed by atoms with van der Waals surface area (Å²) in [5.74, 6) is -13.4. The molecule has 2 fully saturated rings. The van der Waals surface area contributed by atoms with Crippen LogP contribution in [0.5, 0.6) is 0 Å². The standard InChI is InChI=1S/C49H78N14O20.Gd/c1-27(2)20-29(43(76)58-31(26-64)45(78)56-28(47(80)81)6-3-10-53-49(50)51)57-44(77)30(21-35(66)67)55-34(65)22-54-46(79)32-8-5-11-63(32)40-39(41(74)42(40)75)52-9-4-7-33(48(82)83)62-18-16-60(24-37(70)71)14-12-59(23-36(68)69)13-15-61(17-19-62)25-38(72)73;/h27-33,52,64H,3-26H2,1-2H3,(H,54,79)(H,55,65)(H,56,78)(H,57,77)(H,58,76)(H,66,67)(H,68,69)(H,70,71)(H,72,73)(H,80,81)(H,82,83)(H4,50,51,53);/q;+3/t28-,29-,30-,31-,32-,33?;/m0./s1. The van der Waals surface area contributed by atoms with Crippen LogP contribution in [0.4, 0.5) is 11.4 Å². The summed E-state index contributed by atoms with van der Waals surface area (Å²) in [6.07, 6.45) is -0.540. The monoisotopic (exact) mass is 1340 g/mol. The van der Waals surface area contributed by atoms with Crippen LogP contribution < -0.4 is 59.1 Å². The molecule has 1 aromatic carbocycles. The number of aliphatic hydroxyl groups is 1. The molecule has 5 amide bonds. The SMILES string of the molecule is CC(C)C[C@H](NC(=O)[C@H](CC(=O)O)NC(=O)CNC(=O)[C@@H]1CCCN1c1c(NCCCC(C(=O)O)N2CCN(CC(=O)O)CCN(CC(=O)O)CCN(CC(=O)O)CC2)c(=O)c1=O)C(=O)N[C@@H](CO)C(=O)N[C@@H](CCCN=C(N)N)C(=O)O.[Gd+3]. The van der Waals surface area contributed by atoms with E-state index in [1.807, 2.05) is 0 Å². The molecule has 0 aliphatic carbocycles. The molecule has 1 radical (unpaired) electrons. The zero-order valence-corrected chi connectivity index (χ0v) is 48.9. The van der Waals surface area contributed by atoms with Crippen LogP contribution in [0.25, 0.3) is 0 Å². The average Bonchev–Trinajstić information content (AvgIpc) is 4.02. The van der Waals surface area contributed by atoms with Gasteiger partial charge in [0, 0.05) is 72.0 Å². The summed E-state index contributed by atoms with van der Waals surface area (Å²) in [5.41, 5.74) is 8.45. The van der Waals surface area contributed by atoms with Gasteiger partial charge in [-0.2, -0.15) is 0 Å². The minimum Gasteiger partial charge on any atom is -0.481 e. The van der Waals surface area contributed by atoms with Crippen molar-refractivity contribution in [2.45, 2.75) is 101 Å². The van der Waals surface area contributed by atoms with Gasteiger partial charge in [-0.25, -0.2) is 4.79 Å². The second kappa shape index (κ2) is 36.8. The van der Waals surface area contributed by atoms with Gasteiger partial charge in [0.05, 0.1) is 39.2 Å². The summed E-state index contributed by atoms with van der Waals surface area (Å²) in [4.78, 5) is 176. The van der Waals surface area contributed by atoms with Crippen LogP contribution in [0.1, 0.15) is 65.2 Å². The van der Waals surface area contributed by atoms with Gasteiger partial charge in [-0.05, 0) is 50.9 Å². The fraction of sp³-hybridized carbons (Fsp3) is 0.673. The summed E-state index contributed by atoms with van der Waals surface area (Å²) in [6, 6.07) is -8.78. The van der Waals surface area contributed by atoms with Gasteiger partial charge in [-0.15, -0.1) is 0 Å². The predicted octanol–water partition coefficient (Wildman–Crippen LogP) is -6.92. The predicted molar refractivity (Wildman–Crippen MR) is 292 cm³/mol. The molecule has 2 aliphatic rings. The molecule has 0 saturated carbocycles. The number of nitrogens with one attached hydrogen (secondary N) is 6. The van der Waals surface area contributed by atoms with Gasteiger partial charge in [0.2, 0.25) is 29.5 Å². The number of carbonyl (C=O) groups is 11. The van der Waals surface area contributed by atoms with Crippen LogP contribution in [-0.2, 0) is 52.7 Å². The van der Waals surface area contributed by atoms with Crippen molar-refractivity contribution in [1.82, 2.24) is 46.2 Å². The number of carboxylic acids is 6. The van der Waals surface area contributed by atoms with Gasteiger partial charge in [-0.1, -0.05) is 13.8 Å². The molecule has 2 saturated heterocycles. The van der Waals surface area contributed by atoms with E-state index in [-0.39, 0.29) is 180 Å². The Bertz CT molecular complexity index is 2530. The molecule has 1 aromatic rings. The first-order valence-corrected chi connectivity index (χ1v) is 26.8. The molecule has 84 heavy (non-hydrogen) atoms. The van der Waals surface area contributed by atoms with Crippen LogP contribution in [0.3, 0.4) is 0 Å². The van der Waals surface area contributed by atoms with Crippen LogP contribution in [0.2, 0.25) is 0 Å². The van der Waals surface area contributed by atoms with E-state index in [2.05, 4.69) is 36.9 Å². The van der Waals surface area contributed by atoms with E-state index < -0.39 is 145 Å². The van der Waals surface area contributed by atoms with E-state index in [0.29, 0.717) is 6.42 Å². The normalized spacial score (nSPS) is 17.5. The first-order valence-electron chi connectivity index (χ1n) is 26.8. The first kappa shape index (κ1) is 73.3. The third kappa shape index (κ3) is 25.2. The molecular formula is C49H78GdN14O20+3. The molecule has 6 atom stereocenters. The van der Waals surface area contributed by atoms with Crippen LogP contribution in [-0.4, -0.2) is 268 Å². The minimum absolute atomic E-state index is 0. The second-order valence-corrected chi connectivity index (χ2v) is 20.4. The molecule has 35 heteroatoms. The largest absolute Gasteiger partial charge is 3.00 e. The summed E-state index contributed by atoms with van der Waals surface area (Å²) < 4.78 is 0. The number of nitrogens with zero attached hydrogens (tertiary/aromatic N) is 6. The van der Waals surface area contributed by atoms with Gasteiger partial charge in [0.15, 0.2) is 5.96 Å². The number of hydrogen-bond donors (Lipinski definition) is 15. The zero-order valence-electron chi connectivity index (χ0n) is 46.6. The van der Waals surface area contributed by atoms with E-state index in [1.165, 1.54) is 4.90 Å². The van der Waals surface area contributed by atoms with Gasteiger partial charge in [0.1, 0.15) is 47.6 Å². The smallest absolute Gasteiger partial charge is 0.481 e. The van der Waals surface area contributed by atoms with E-state index in [9.17, 15) is 98.1 Å². The van der Waals surface area contributed by atoms with Gasteiger partial charge >= 0.3 is 75.8 Å². The Morgan fingerprint density at radius 3 is 1.62 bits per heavy atom. The number of rotatable bonds is 34. The van der Waals surface area contributed by atoms with Crippen molar-refractivity contribution in [2.24, 2.45) is 22.4 Å². The summed E-state index contributed by atoms with van der Waals surface area (Å²) in [6.45, 7) is 1.09. The Morgan fingerprint density at radius 1 is 0.619 bits per heavy atom. The number of anilines is 2. The van der Waals surface area contributed by atoms with E-state index in [1.54, 1.807) is 33.4 Å². The number of carbonyl (C=O) groups excluding carboxylic acids is 5. The molecular weight excluding hydrogens is 1260 g/mol. The number of hydrogen-bond acceptors (Lipinski definition) is 21. The fourth-order valence-electron chi connectivity index (χ4n) is 9.40. The minimum atomic E-state index is -1.83. The van der Waals surface area contributed by atoms with Crippen molar-refractivity contribution in [3.05, 3.63) is 20.4 Å². The van der Waals surface area contributed by atoms with Crippen molar-refractivity contribution in [3.8, 4) is 0 Å². The van der Waals surface area contributed by atoms with E-state index in [4.69, 9.17) is 11.5 Å². The second-order valence-electron chi connectivity index (χ2n) is 20.4. The molecule has 2 heterocycles. The number of aliphatic hydroxyl groups excluding tert-OH is 1. The van der Waals surface area contributed by atoms with Crippen molar-refractivity contribution in [2.75, 3.05) is 115 Å². The van der Waals surface area contributed by atoms with Gasteiger partial charge in [0.25, 0.3) is 10.9 Å².